The molecule has 0 amide bonds. The molecule has 1 rings (SSSR count). The lowest BCUT2D eigenvalue weighted by Crippen LogP contribution is -2.60. The molecule has 2 nitrogen and oxygen atoms in total. The van der Waals surface area contributed by atoms with Gasteiger partial charge in [0.25, 0.3) is 0 Å². The van der Waals surface area contributed by atoms with Crippen LogP contribution in [0.3, 0.4) is 0 Å². The van der Waals surface area contributed by atoms with Gasteiger partial charge in [0.2, 0.25) is 5.12 Å². The van der Waals surface area contributed by atoms with E-state index in [0.717, 1.165) is 11.3 Å². The number of hydrogen-bond donors (Lipinski definition) is 1. The fourth-order valence-electron chi connectivity index (χ4n) is 2.58. The van der Waals surface area contributed by atoms with Gasteiger partial charge in [-0.2, -0.15) is 0 Å². The first-order valence-electron chi connectivity index (χ1n) is 6.18. The van der Waals surface area contributed by atoms with E-state index in [0.29, 0.717) is 0 Å². The molecular formula is C13H23NOSSi2. The van der Waals surface area contributed by atoms with Gasteiger partial charge in [-0.05, 0) is 12.1 Å². The van der Waals surface area contributed by atoms with E-state index in [9.17, 15) is 4.79 Å². The maximum atomic E-state index is 11.7. The number of nitrogens with zero attached hydrogens (tertiary/aromatic N) is 1. The quantitative estimate of drug-likeness (QED) is 0.663. The Bertz CT molecular complexity index is 435. The monoisotopic (exact) mass is 297 g/mol. The summed E-state index contributed by atoms with van der Waals surface area (Å²) < 4.78 is 2.55. The van der Waals surface area contributed by atoms with E-state index in [1.54, 1.807) is 0 Å². The highest BCUT2D eigenvalue weighted by Crippen LogP contribution is 2.31. The van der Waals surface area contributed by atoms with Crippen molar-refractivity contribution >= 4 is 39.9 Å². The summed E-state index contributed by atoms with van der Waals surface area (Å²) in [5, 5.41) is -0.146. The van der Waals surface area contributed by atoms with Gasteiger partial charge in [-0.15, -0.1) is 12.6 Å². The SMILES string of the molecule is C[Si](C)(C)N(c1ccccc1C(=O)S)[Si](C)(C)C. The first-order valence-corrected chi connectivity index (χ1v) is 13.5. The number of carbonyl (C=O) groups is 1. The molecule has 18 heavy (non-hydrogen) atoms. The fraction of sp³-hybridized carbons (Fsp3) is 0.462. The van der Waals surface area contributed by atoms with Crippen LogP contribution < -0.4 is 4.23 Å². The zero-order valence-corrected chi connectivity index (χ0v) is 15.0. The number of thiol groups is 1. The predicted octanol–water partition coefficient (Wildman–Crippen LogP) is 4.23. The van der Waals surface area contributed by atoms with Crippen LogP contribution in [0.25, 0.3) is 0 Å². The van der Waals surface area contributed by atoms with Gasteiger partial charge < -0.3 is 4.23 Å². The average molecular weight is 298 g/mol. The van der Waals surface area contributed by atoms with Gasteiger partial charge in [0, 0.05) is 5.69 Å². The average Bonchev–Trinajstić information content (AvgIpc) is 2.13. The molecule has 0 aromatic heterocycles. The van der Waals surface area contributed by atoms with Crippen molar-refractivity contribution < 1.29 is 4.79 Å². The normalized spacial score (nSPS) is 12.4. The summed E-state index contributed by atoms with van der Waals surface area (Å²) in [7, 11) is -3.06. The van der Waals surface area contributed by atoms with Crippen LogP contribution in [-0.4, -0.2) is 21.6 Å². The van der Waals surface area contributed by atoms with Crippen LogP contribution in [0.15, 0.2) is 24.3 Å². The Morgan fingerprint density at radius 3 is 1.83 bits per heavy atom. The van der Waals surface area contributed by atoms with Gasteiger partial charge in [-0.1, -0.05) is 51.4 Å². The van der Waals surface area contributed by atoms with Crippen LogP contribution in [0, 0.1) is 0 Å². The highest BCUT2D eigenvalue weighted by atomic mass is 32.1. The molecule has 0 radical (unpaired) electrons. The Hall–Kier alpha value is -0.526. The van der Waals surface area contributed by atoms with Crippen molar-refractivity contribution in [2.24, 2.45) is 0 Å². The van der Waals surface area contributed by atoms with Crippen molar-refractivity contribution in [3.63, 3.8) is 0 Å². The summed E-state index contributed by atoms with van der Waals surface area (Å²) in [5.74, 6) is 0. The Morgan fingerprint density at radius 1 is 1.00 bits per heavy atom. The third kappa shape index (κ3) is 3.49. The van der Waals surface area contributed by atoms with E-state index in [-0.39, 0.29) is 5.12 Å². The van der Waals surface area contributed by atoms with E-state index in [2.05, 4.69) is 62.2 Å². The Balaban J connectivity index is 3.45. The molecule has 0 heterocycles. The summed E-state index contributed by atoms with van der Waals surface area (Å²) in [5.41, 5.74) is 1.79. The van der Waals surface area contributed by atoms with Crippen LogP contribution >= 0.6 is 12.6 Å². The Kier molecular flexibility index (Phi) is 4.51. The second-order valence-corrected chi connectivity index (χ2v) is 16.9. The van der Waals surface area contributed by atoms with E-state index in [4.69, 9.17) is 0 Å². The van der Waals surface area contributed by atoms with Crippen LogP contribution in [0.4, 0.5) is 5.69 Å². The number of rotatable bonds is 4. The minimum Gasteiger partial charge on any atom is -0.424 e. The molecule has 0 N–H and O–H groups in total. The van der Waals surface area contributed by atoms with Crippen LogP contribution in [-0.2, 0) is 0 Å². The maximum Gasteiger partial charge on any atom is 0.218 e. The summed E-state index contributed by atoms with van der Waals surface area (Å²) >= 11 is 4.01. The lowest BCUT2D eigenvalue weighted by atomic mass is 10.2. The first-order chi connectivity index (χ1) is 8.05. The number of anilines is 1. The molecule has 5 heteroatoms. The molecule has 0 saturated heterocycles. The Labute approximate surface area is 118 Å². The third-order valence-corrected chi connectivity index (χ3v) is 10.1. The highest BCUT2D eigenvalue weighted by Gasteiger charge is 2.36. The predicted molar refractivity (Wildman–Crippen MR) is 88.9 cm³/mol. The first kappa shape index (κ1) is 15.5. The third-order valence-electron chi connectivity index (χ3n) is 2.72. The van der Waals surface area contributed by atoms with E-state index in [1.807, 2.05) is 18.2 Å². The summed E-state index contributed by atoms with van der Waals surface area (Å²) in [6, 6.07) is 7.83. The standard InChI is InChI=1S/C13H23NOSSi2/c1-17(2,3)14(18(4,5)6)12-10-8-7-9-11(12)13(15)16/h7-10H,1-6H3,(H,15,16). The highest BCUT2D eigenvalue weighted by molar-refractivity contribution is 7.97. The second kappa shape index (κ2) is 5.23. The number of hydrogen-bond acceptors (Lipinski definition) is 2. The molecular weight excluding hydrogens is 274 g/mol. The molecule has 0 bridgehead atoms. The van der Waals surface area contributed by atoms with Crippen molar-refractivity contribution in [2.45, 2.75) is 39.3 Å². The van der Waals surface area contributed by atoms with Crippen LogP contribution in [0.1, 0.15) is 10.4 Å². The van der Waals surface area contributed by atoms with Crippen molar-refractivity contribution in [2.75, 3.05) is 4.23 Å². The zero-order chi connectivity index (χ0) is 14.1. The molecule has 1 aromatic rings. The van der Waals surface area contributed by atoms with Gasteiger partial charge in [0.15, 0.2) is 0 Å². The lowest BCUT2D eigenvalue weighted by molar-refractivity contribution is 0.109. The molecule has 0 aliphatic heterocycles. The number of carbonyl (C=O) groups excluding carboxylic acids is 1. The van der Waals surface area contributed by atoms with Gasteiger partial charge >= 0.3 is 0 Å². The minimum atomic E-state index is -1.53. The molecule has 0 saturated carbocycles. The molecule has 0 fully saturated rings. The Morgan fingerprint density at radius 2 is 1.44 bits per heavy atom. The topological polar surface area (TPSA) is 20.3 Å². The van der Waals surface area contributed by atoms with E-state index >= 15 is 0 Å². The minimum absolute atomic E-state index is 0.146. The van der Waals surface area contributed by atoms with Crippen molar-refractivity contribution in [1.82, 2.24) is 0 Å². The smallest absolute Gasteiger partial charge is 0.218 e. The van der Waals surface area contributed by atoms with Crippen molar-refractivity contribution in [3.8, 4) is 0 Å². The summed E-state index contributed by atoms with van der Waals surface area (Å²) in [6.07, 6.45) is 0. The molecule has 0 aliphatic rings. The zero-order valence-electron chi connectivity index (χ0n) is 12.1. The van der Waals surface area contributed by atoms with Gasteiger partial charge in [-0.3, -0.25) is 4.79 Å². The van der Waals surface area contributed by atoms with E-state index in [1.165, 1.54) is 0 Å². The molecule has 0 aliphatic carbocycles. The molecule has 0 atom stereocenters. The summed E-state index contributed by atoms with van der Waals surface area (Å²) in [6.45, 7) is 13.9. The van der Waals surface area contributed by atoms with Gasteiger partial charge in [-0.25, -0.2) is 0 Å². The van der Waals surface area contributed by atoms with Crippen LogP contribution in [0.5, 0.6) is 0 Å². The van der Waals surface area contributed by atoms with E-state index < -0.39 is 16.5 Å². The number of benzene rings is 1. The number of para-hydroxylation sites is 1. The molecule has 1 aromatic carbocycles. The molecule has 0 unspecified atom stereocenters. The molecule has 100 valence electrons. The van der Waals surface area contributed by atoms with Gasteiger partial charge in [0.05, 0.1) is 5.56 Å². The van der Waals surface area contributed by atoms with Crippen LogP contribution in [0.2, 0.25) is 39.3 Å². The second-order valence-electron chi connectivity index (χ2n) is 6.50. The molecule has 0 spiro atoms. The maximum absolute atomic E-state index is 11.7. The largest absolute Gasteiger partial charge is 0.424 e. The van der Waals surface area contributed by atoms with Crippen molar-refractivity contribution in [1.29, 1.82) is 0 Å². The van der Waals surface area contributed by atoms with Gasteiger partial charge in [0.1, 0.15) is 16.5 Å². The fourth-order valence-corrected chi connectivity index (χ4v) is 12.7. The van der Waals surface area contributed by atoms with Crippen molar-refractivity contribution in [3.05, 3.63) is 29.8 Å². The lowest BCUT2D eigenvalue weighted by Gasteiger charge is -2.46. The summed E-state index contributed by atoms with van der Waals surface area (Å²) in [4.78, 5) is 11.7.